The number of hydrogen-bond donors (Lipinski definition) is 1. The molecular weight excluding hydrogens is 348 g/mol. The van der Waals surface area contributed by atoms with Crippen LogP contribution in [0.15, 0.2) is 18.2 Å². The fourth-order valence-electron chi connectivity index (χ4n) is 3.33. The number of hydrogen-bond acceptors (Lipinski definition) is 5. The van der Waals surface area contributed by atoms with E-state index in [1.807, 2.05) is 25.1 Å². The molecule has 140 valence electrons. The fraction of sp³-hybridized carbons (Fsp3) is 0.550. The van der Waals surface area contributed by atoms with E-state index in [4.69, 9.17) is 4.74 Å². The number of nitrogens with one attached hydrogen (secondary N) is 1. The van der Waals surface area contributed by atoms with Crippen LogP contribution in [-0.4, -0.2) is 23.0 Å². The lowest BCUT2D eigenvalue weighted by atomic mass is 9.80. The molecule has 1 saturated carbocycles. The van der Waals surface area contributed by atoms with Crippen molar-refractivity contribution in [1.82, 2.24) is 4.98 Å². The molecule has 0 spiro atoms. The van der Waals surface area contributed by atoms with Gasteiger partial charge in [0, 0.05) is 6.42 Å². The maximum absolute atomic E-state index is 12.1. The Labute approximate surface area is 158 Å². The van der Waals surface area contributed by atoms with Crippen LogP contribution in [0.2, 0.25) is 0 Å². The summed E-state index contributed by atoms with van der Waals surface area (Å²) in [4.78, 5) is 28.5. The Morgan fingerprint density at radius 2 is 2.04 bits per heavy atom. The summed E-state index contributed by atoms with van der Waals surface area (Å²) < 4.78 is 6.58. The quantitative estimate of drug-likeness (QED) is 0.771. The zero-order chi connectivity index (χ0) is 18.7. The van der Waals surface area contributed by atoms with Gasteiger partial charge in [-0.05, 0) is 55.7 Å². The van der Waals surface area contributed by atoms with Gasteiger partial charge in [-0.15, -0.1) is 0 Å². The number of thiazole rings is 1. The second-order valence-corrected chi connectivity index (χ2v) is 8.45. The lowest BCUT2D eigenvalue weighted by molar-refractivity contribution is -0.152. The van der Waals surface area contributed by atoms with E-state index in [2.05, 4.69) is 24.1 Å². The number of aromatic nitrogens is 1. The van der Waals surface area contributed by atoms with E-state index < -0.39 is 0 Å². The fourth-order valence-corrected chi connectivity index (χ4v) is 4.31. The van der Waals surface area contributed by atoms with Gasteiger partial charge in [-0.3, -0.25) is 9.59 Å². The molecule has 0 radical (unpaired) electrons. The standard InChI is InChI=1S/C20H26N2O3S/c1-12-4-7-16-17(10-12)26-20(21-16)22-18(23)8-9-19(24)25-15-6-5-13(2)14(3)11-15/h4,7,10,13-15H,5-6,8-9,11H2,1-3H3,(H,21,22,23)/t13-,14-,15+/m0/s1. The number of aryl methyl sites for hydroxylation is 1. The predicted molar refractivity (Wildman–Crippen MR) is 104 cm³/mol. The Morgan fingerprint density at radius 3 is 2.81 bits per heavy atom. The van der Waals surface area contributed by atoms with Gasteiger partial charge >= 0.3 is 5.97 Å². The molecule has 0 unspecified atom stereocenters. The highest BCUT2D eigenvalue weighted by atomic mass is 32.1. The SMILES string of the molecule is Cc1ccc2nc(NC(=O)CCC(=O)O[C@@H]3CC[C@H](C)[C@@H](C)C3)sc2c1. The number of ether oxygens (including phenoxy) is 1. The van der Waals surface area contributed by atoms with Gasteiger partial charge in [0.15, 0.2) is 5.13 Å². The molecule has 0 aliphatic heterocycles. The van der Waals surface area contributed by atoms with Crippen LogP contribution in [0, 0.1) is 18.8 Å². The summed E-state index contributed by atoms with van der Waals surface area (Å²) in [5, 5.41) is 3.35. The number of esters is 1. The van der Waals surface area contributed by atoms with Gasteiger partial charge in [-0.2, -0.15) is 0 Å². The van der Waals surface area contributed by atoms with E-state index in [0.717, 1.165) is 35.0 Å². The van der Waals surface area contributed by atoms with Crippen LogP contribution in [0.3, 0.4) is 0 Å². The van der Waals surface area contributed by atoms with Crippen molar-refractivity contribution in [3.05, 3.63) is 23.8 Å². The van der Waals surface area contributed by atoms with Gasteiger partial charge in [0.25, 0.3) is 0 Å². The van der Waals surface area contributed by atoms with Crippen LogP contribution in [0.4, 0.5) is 5.13 Å². The number of nitrogens with zero attached hydrogens (tertiary/aromatic N) is 1. The van der Waals surface area contributed by atoms with Crippen molar-refractivity contribution in [2.45, 2.75) is 59.0 Å². The lowest BCUT2D eigenvalue weighted by Gasteiger charge is -2.31. The third-order valence-corrected chi connectivity index (χ3v) is 6.13. The minimum absolute atomic E-state index is 0.00395. The molecule has 1 fully saturated rings. The molecule has 1 amide bonds. The van der Waals surface area contributed by atoms with Crippen LogP contribution >= 0.6 is 11.3 Å². The van der Waals surface area contributed by atoms with E-state index in [1.54, 1.807) is 0 Å². The topological polar surface area (TPSA) is 68.3 Å². The molecule has 6 heteroatoms. The Kier molecular flexibility index (Phi) is 5.91. The zero-order valence-corrected chi connectivity index (χ0v) is 16.4. The summed E-state index contributed by atoms with van der Waals surface area (Å²) in [6.07, 6.45) is 3.17. The number of rotatable bonds is 5. The molecule has 2 aromatic rings. The Morgan fingerprint density at radius 1 is 1.23 bits per heavy atom. The summed E-state index contributed by atoms with van der Waals surface area (Å²) in [6.45, 7) is 6.48. The molecule has 3 atom stereocenters. The van der Waals surface area contributed by atoms with Gasteiger partial charge in [0.05, 0.1) is 16.6 Å². The van der Waals surface area contributed by atoms with Crippen molar-refractivity contribution in [3.8, 4) is 0 Å². The van der Waals surface area contributed by atoms with E-state index in [9.17, 15) is 9.59 Å². The Balaban J connectivity index is 1.45. The van der Waals surface area contributed by atoms with E-state index in [0.29, 0.717) is 17.0 Å². The van der Waals surface area contributed by atoms with Crippen molar-refractivity contribution >= 4 is 38.6 Å². The number of fused-ring (bicyclic) bond motifs is 1. The number of carbonyl (C=O) groups is 2. The van der Waals surface area contributed by atoms with Gasteiger partial charge in [-0.25, -0.2) is 4.98 Å². The first-order chi connectivity index (χ1) is 12.4. The summed E-state index contributed by atoms with van der Waals surface area (Å²) in [7, 11) is 0. The predicted octanol–water partition coefficient (Wildman–Crippen LogP) is 4.69. The number of amides is 1. The first kappa shape index (κ1) is 18.8. The third kappa shape index (κ3) is 4.81. The maximum atomic E-state index is 12.1. The highest BCUT2D eigenvalue weighted by molar-refractivity contribution is 7.22. The highest BCUT2D eigenvalue weighted by Crippen LogP contribution is 2.31. The van der Waals surface area contributed by atoms with Crippen LogP contribution in [0.1, 0.15) is 51.5 Å². The van der Waals surface area contributed by atoms with Gasteiger partial charge in [-0.1, -0.05) is 31.3 Å². The van der Waals surface area contributed by atoms with Crippen LogP contribution in [-0.2, 0) is 14.3 Å². The van der Waals surface area contributed by atoms with Crippen molar-refractivity contribution < 1.29 is 14.3 Å². The van der Waals surface area contributed by atoms with Gasteiger partial charge < -0.3 is 10.1 Å². The Bertz CT molecular complexity index is 801. The molecule has 26 heavy (non-hydrogen) atoms. The zero-order valence-electron chi connectivity index (χ0n) is 15.6. The van der Waals surface area contributed by atoms with Crippen molar-refractivity contribution in [3.63, 3.8) is 0 Å². The smallest absolute Gasteiger partial charge is 0.306 e. The molecule has 1 aromatic heterocycles. The lowest BCUT2D eigenvalue weighted by Crippen LogP contribution is -2.29. The molecule has 3 rings (SSSR count). The monoisotopic (exact) mass is 374 g/mol. The van der Waals surface area contributed by atoms with Gasteiger partial charge in [0.2, 0.25) is 5.91 Å². The van der Waals surface area contributed by atoms with Crippen LogP contribution in [0.5, 0.6) is 0 Å². The first-order valence-electron chi connectivity index (χ1n) is 9.27. The van der Waals surface area contributed by atoms with Gasteiger partial charge in [0.1, 0.15) is 6.10 Å². The normalized spacial score (nSPS) is 23.0. The summed E-state index contributed by atoms with van der Waals surface area (Å²) in [5.41, 5.74) is 2.03. The molecular formula is C20H26N2O3S. The second-order valence-electron chi connectivity index (χ2n) is 7.42. The van der Waals surface area contributed by atoms with E-state index in [-0.39, 0.29) is 30.8 Å². The largest absolute Gasteiger partial charge is 0.462 e. The Hall–Kier alpha value is -1.95. The summed E-state index contributed by atoms with van der Waals surface area (Å²) >= 11 is 1.44. The first-order valence-corrected chi connectivity index (χ1v) is 10.1. The van der Waals surface area contributed by atoms with Crippen molar-refractivity contribution in [2.75, 3.05) is 5.32 Å². The summed E-state index contributed by atoms with van der Waals surface area (Å²) in [5.74, 6) is 0.774. The number of benzene rings is 1. The maximum Gasteiger partial charge on any atom is 0.306 e. The van der Waals surface area contributed by atoms with E-state index >= 15 is 0 Å². The van der Waals surface area contributed by atoms with E-state index in [1.165, 1.54) is 11.3 Å². The van der Waals surface area contributed by atoms with Crippen LogP contribution in [0.25, 0.3) is 10.2 Å². The minimum atomic E-state index is -0.285. The molecule has 1 N–H and O–H groups in total. The van der Waals surface area contributed by atoms with Crippen molar-refractivity contribution in [2.24, 2.45) is 11.8 Å². The summed E-state index contributed by atoms with van der Waals surface area (Å²) in [6, 6.07) is 5.99. The molecule has 1 aliphatic rings. The minimum Gasteiger partial charge on any atom is -0.462 e. The molecule has 0 saturated heterocycles. The average Bonchev–Trinajstić information content (AvgIpc) is 2.97. The average molecular weight is 375 g/mol. The number of anilines is 1. The highest BCUT2D eigenvalue weighted by Gasteiger charge is 2.27. The third-order valence-electron chi connectivity index (χ3n) is 5.19. The molecule has 0 bridgehead atoms. The van der Waals surface area contributed by atoms with Crippen molar-refractivity contribution in [1.29, 1.82) is 0 Å². The second kappa shape index (κ2) is 8.16. The molecule has 5 nitrogen and oxygen atoms in total. The molecule has 1 aliphatic carbocycles. The molecule has 1 aromatic carbocycles. The molecule has 1 heterocycles. The number of carbonyl (C=O) groups excluding carboxylic acids is 2. The van der Waals surface area contributed by atoms with Crippen LogP contribution < -0.4 is 5.32 Å².